The fourth-order valence-corrected chi connectivity index (χ4v) is 3.22. The summed E-state index contributed by atoms with van der Waals surface area (Å²) >= 11 is 5.30. The van der Waals surface area contributed by atoms with Crippen molar-refractivity contribution < 1.29 is 9.59 Å². The van der Waals surface area contributed by atoms with Crippen molar-refractivity contribution in [2.24, 2.45) is 5.73 Å². The Morgan fingerprint density at radius 2 is 1.81 bits per heavy atom. The van der Waals surface area contributed by atoms with Gasteiger partial charge in [0, 0.05) is 17.4 Å². The predicted octanol–water partition coefficient (Wildman–Crippen LogP) is 2.84. The van der Waals surface area contributed by atoms with Gasteiger partial charge in [0.15, 0.2) is 10.6 Å². The number of H-pyrrole nitrogens is 1. The van der Waals surface area contributed by atoms with Crippen molar-refractivity contribution in [2.45, 2.75) is 13.5 Å². The van der Waals surface area contributed by atoms with Gasteiger partial charge in [-0.3, -0.25) is 19.3 Å². The Kier molecular flexibility index (Phi) is 5.46. The van der Waals surface area contributed by atoms with E-state index in [2.05, 4.69) is 20.6 Å². The van der Waals surface area contributed by atoms with Gasteiger partial charge in [-0.2, -0.15) is 10.2 Å². The van der Waals surface area contributed by atoms with Gasteiger partial charge in [-0.15, -0.1) is 0 Å². The first-order valence-electron chi connectivity index (χ1n) is 9.39. The van der Waals surface area contributed by atoms with E-state index in [1.54, 1.807) is 35.0 Å². The molecule has 2 aromatic carbocycles. The zero-order valence-electron chi connectivity index (χ0n) is 16.6. The number of primary amides is 1. The summed E-state index contributed by atoms with van der Waals surface area (Å²) in [7, 11) is 0. The second kappa shape index (κ2) is 8.36. The monoisotopic (exact) mass is 433 g/mol. The maximum Gasteiger partial charge on any atom is 0.269 e. The lowest BCUT2D eigenvalue weighted by atomic mass is 10.1. The van der Waals surface area contributed by atoms with Crippen molar-refractivity contribution in [3.05, 3.63) is 76.8 Å². The van der Waals surface area contributed by atoms with Gasteiger partial charge in [0.2, 0.25) is 5.91 Å². The van der Waals surface area contributed by atoms with Crippen molar-refractivity contribution in [2.75, 3.05) is 5.32 Å². The Balaban J connectivity index is 1.47. The molecule has 4 N–H and O–H groups in total. The van der Waals surface area contributed by atoms with Crippen LogP contribution in [0, 0.1) is 11.7 Å². The molecule has 2 heterocycles. The highest BCUT2D eigenvalue weighted by Crippen LogP contribution is 2.18. The Labute approximate surface area is 182 Å². The summed E-state index contributed by atoms with van der Waals surface area (Å²) in [5.41, 5.74) is 8.74. The summed E-state index contributed by atoms with van der Waals surface area (Å²) in [6.07, 6.45) is 1.64. The van der Waals surface area contributed by atoms with Crippen LogP contribution in [-0.4, -0.2) is 36.4 Å². The molecular formula is C21H19N7O2S. The highest BCUT2D eigenvalue weighted by atomic mass is 32.1. The van der Waals surface area contributed by atoms with Crippen molar-refractivity contribution in [3.63, 3.8) is 0 Å². The standard InChI is InChI=1S/C21H19N7O2S/c1-13-2-4-14(5-3-13)20-24-25-21(31)27(20)12-18(29)23-15-6-8-16(9-7-15)28-11-10-17(26-28)19(22)30/h2-11H,12H2,1H3,(H2,22,30)(H,23,29)(H,25,31). The number of carbonyl (C=O) groups excluding carboxylic acids is 2. The molecule has 0 atom stereocenters. The first-order chi connectivity index (χ1) is 14.9. The van der Waals surface area contributed by atoms with E-state index >= 15 is 0 Å². The highest BCUT2D eigenvalue weighted by Gasteiger charge is 2.13. The number of benzene rings is 2. The second-order valence-corrected chi connectivity index (χ2v) is 7.30. The number of anilines is 1. The van der Waals surface area contributed by atoms with Gasteiger partial charge in [-0.1, -0.05) is 29.8 Å². The van der Waals surface area contributed by atoms with Crippen LogP contribution in [0.1, 0.15) is 16.1 Å². The number of aromatic nitrogens is 5. The molecule has 0 spiro atoms. The number of amides is 2. The third-order valence-electron chi connectivity index (χ3n) is 4.63. The van der Waals surface area contributed by atoms with Gasteiger partial charge in [-0.25, -0.2) is 4.68 Å². The molecule has 2 amide bonds. The van der Waals surface area contributed by atoms with E-state index in [9.17, 15) is 9.59 Å². The molecule has 4 aromatic rings. The van der Waals surface area contributed by atoms with E-state index in [1.807, 2.05) is 31.2 Å². The SMILES string of the molecule is Cc1ccc(-c2n[nH]c(=S)n2CC(=O)Nc2ccc(-n3ccc(C(N)=O)n3)cc2)cc1. The first kappa shape index (κ1) is 20.2. The number of rotatable bonds is 6. The fourth-order valence-electron chi connectivity index (χ4n) is 3.03. The van der Waals surface area contributed by atoms with Gasteiger partial charge < -0.3 is 11.1 Å². The van der Waals surface area contributed by atoms with E-state index < -0.39 is 5.91 Å². The van der Waals surface area contributed by atoms with Crippen LogP contribution in [0.25, 0.3) is 17.1 Å². The minimum Gasteiger partial charge on any atom is -0.364 e. The molecule has 0 saturated carbocycles. The molecule has 9 nitrogen and oxygen atoms in total. The number of aromatic amines is 1. The molecule has 0 fully saturated rings. The van der Waals surface area contributed by atoms with E-state index in [0.717, 1.165) is 16.8 Å². The van der Waals surface area contributed by atoms with Crippen LogP contribution in [0.5, 0.6) is 0 Å². The van der Waals surface area contributed by atoms with Gasteiger partial charge in [0.05, 0.1) is 5.69 Å². The number of nitrogens with zero attached hydrogens (tertiary/aromatic N) is 4. The van der Waals surface area contributed by atoms with E-state index in [1.165, 1.54) is 10.7 Å². The minimum absolute atomic E-state index is 0.0153. The second-order valence-electron chi connectivity index (χ2n) is 6.91. The number of hydrogen-bond donors (Lipinski definition) is 3. The van der Waals surface area contributed by atoms with E-state index in [0.29, 0.717) is 16.3 Å². The van der Waals surface area contributed by atoms with Gasteiger partial charge in [-0.05, 0) is 49.5 Å². The lowest BCUT2D eigenvalue weighted by molar-refractivity contribution is -0.116. The molecule has 10 heteroatoms. The third kappa shape index (κ3) is 4.43. The average molecular weight is 433 g/mol. The zero-order valence-corrected chi connectivity index (χ0v) is 17.4. The smallest absolute Gasteiger partial charge is 0.269 e. The Morgan fingerprint density at radius 1 is 1.10 bits per heavy atom. The predicted molar refractivity (Wildman–Crippen MR) is 118 cm³/mol. The molecule has 0 radical (unpaired) electrons. The topological polar surface area (TPSA) is 124 Å². The van der Waals surface area contributed by atoms with Gasteiger partial charge in [0.1, 0.15) is 12.2 Å². The summed E-state index contributed by atoms with van der Waals surface area (Å²) in [5.74, 6) is -0.237. The molecule has 0 aliphatic rings. The normalized spacial score (nSPS) is 10.7. The highest BCUT2D eigenvalue weighted by molar-refractivity contribution is 7.71. The number of hydrogen-bond acceptors (Lipinski definition) is 5. The average Bonchev–Trinajstić information content (AvgIpc) is 3.37. The maximum absolute atomic E-state index is 12.6. The van der Waals surface area contributed by atoms with Crippen molar-refractivity contribution in [3.8, 4) is 17.1 Å². The van der Waals surface area contributed by atoms with E-state index in [-0.39, 0.29) is 18.1 Å². The van der Waals surface area contributed by atoms with Gasteiger partial charge >= 0.3 is 0 Å². The van der Waals surface area contributed by atoms with Crippen LogP contribution >= 0.6 is 12.2 Å². The largest absolute Gasteiger partial charge is 0.364 e. The summed E-state index contributed by atoms with van der Waals surface area (Å²) in [6.45, 7) is 2.02. The first-order valence-corrected chi connectivity index (χ1v) is 9.79. The van der Waals surface area contributed by atoms with Crippen LogP contribution in [0.3, 0.4) is 0 Å². The maximum atomic E-state index is 12.6. The molecule has 0 aliphatic heterocycles. The summed E-state index contributed by atoms with van der Waals surface area (Å²) in [5, 5.41) is 14.0. The molecule has 2 aromatic heterocycles. The summed E-state index contributed by atoms with van der Waals surface area (Å²) in [4.78, 5) is 23.8. The van der Waals surface area contributed by atoms with Crippen molar-refractivity contribution in [1.29, 1.82) is 0 Å². The van der Waals surface area contributed by atoms with Crippen molar-refractivity contribution in [1.82, 2.24) is 24.5 Å². The molecule has 0 bridgehead atoms. The number of carbonyl (C=O) groups is 2. The van der Waals surface area contributed by atoms with Crippen LogP contribution in [0.4, 0.5) is 5.69 Å². The Morgan fingerprint density at radius 3 is 2.45 bits per heavy atom. The van der Waals surface area contributed by atoms with Crippen LogP contribution in [-0.2, 0) is 11.3 Å². The Hall–Kier alpha value is -4.05. The lowest BCUT2D eigenvalue weighted by Crippen LogP contribution is -2.19. The molecule has 0 aliphatic carbocycles. The molecule has 0 saturated heterocycles. The summed E-state index contributed by atoms with van der Waals surface area (Å²) in [6, 6.07) is 16.4. The van der Waals surface area contributed by atoms with Crippen LogP contribution in [0.15, 0.2) is 60.8 Å². The molecule has 156 valence electrons. The molecule has 31 heavy (non-hydrogen) atoms. The number of aryl methyl sites for hydroxylation is 1. The number of nitrogens with two attached hydrogens (primary N) is 1. The molecule has 4 rings (SSSR count). The molecular weight excluding hydrogens is 414 g/mol. The lowest BCUT2D eigenvalue weighted by Gasteiger charge is -2.09. The Bertz CT molecular complexity index is 1300. The van der Waals surface area contributed by atoms with E-state index in [4.69, 9.17) is 18.0 Å². The molecule has 0 unspecified atom stereocenters. The summed E-state index contributed by atoms with van der Waals surface area (Å²) < 4.78 is 3.55. The van der Waals surface area contributed by atoms with Crippen LogP contribution < -0.4 is 11.1 Å². The third-order valence-corrected chi connectivity index (χ3v) is 4.94. The van der Waals surface area contributed by atoms with Crippen LogP contribution in [0.2, 0.25) is 0 Å². The quantitative estimate of drug-likeness (QED) is 0.404. The fraction of sp³-hybridized carbons (Fsp3) is 0.0952. The minimum atomic E-state index is -0.592. The van der Waals surface area contributed by atoms with Crippen molar-refractivity contribution >= 4 is 29.7 Å². The number of nitrogens with one attached hydrogen (secondary N) is 2. The van der Waals surface area contributed by atoms with Gasteiger partial charge in [0.25, 0.3) is 5.91 Å². The zero-order chi connectivity index (χ0) is 22.0.